The number of hydrogen-bond acceptors (Lipinski definition) is 6. The molecule has 0 heterocycles. The Morgan fingerprint density at radius 2 is 1.95 bits per heavy atom. The predicted molar refractivity (Wildman–Crippen MR) is 62.5 cm³/mol. The van der Waals surface area contributed by atoms with Gasteiger partial charge in [-0.2, -0.15) is 0 Å². The molecule has 0 amide bonds. The maximum absolute atomic E-state index is 11.8. The molecule has 7 nitrogen and oxygen atoms in total. The van der Waals surface area contributed by atoms with Gasteiger partial charge in [-0.05, 0) is 0 Å². The Morgan fingerprint density at radius 1 is 1.29 bits per heavy atom. The number of carbonyl (C=O) groups is 1. The van der Waals surface area contributed by atoms with Crippen LogP contribution in [0.3, 0.4) is 0 Å². The van der Waals surface area contributed by atoms with Crippen LogP contribution in [0.25, 0.3) is 0 Å². The Bertz CT molecular complexity index is 531. The summed E-state index contributed by atoms with van der Waals surface area (Å²) in [6, 6.07) is 1.96. The fourth-order valence-corrected chi connectivity index (χ4v) is 1.40. The molecule has 0 aliphatic carbocycles. The molecule has 0 aromatic heterocycles. The van der Waals surface area contributed by atoms with Crippen molar-refractivity contribution in [3.8, 4) is 11.5 Å². The second kappa shape index (κ2) is 6.88. The number of ether oxygens (including phenoxy) is 3. The van der Waals surface area contributed by atoms with Gasteiger partial charge in [0.15, 0.2) is 17.8 Å². The third-order valence-corrected chi connectivity index (χ3v) is 2.24. The topological polar surface area (TPSA) is 87.9 Å². The van der Waals surface area contributed by atoms with E-state index in [1.165, 1.54) is 7.11 Å². The third-order valence-electron chi connectivity index (χ3n) is 2.24. The molecule has 21 heavy (non-hydrogen) atoms. The number of nitro benzene ring substituents is 1. The van der Waals surface area contributed by atoms with Crippen LogP contribution in [0.2, 0.25) is 0 Å². The summed E-state index contributed by atoms with van der Waals surface area (Å²) >= 11 is 0. The normalized spacial score (nSPS) is 11.0. The Balaban J connectivity index is 2.87. The molecule has 0 saturated heterocycles. The second-order valence-corrected chi connectivity index (χ2v) is 3.58. The van der Waals surface area contributed by atoms with E-state index >= 15 is 0 Å². The average Bonchev–Trinajstić information content (AvgIpc) is 2.41. The van der Waals surface area contributed by atoms with Gasteiger partial charge in [0.1, 0.15) is 6.61 Å². The van der Waals surface area contributed by atoms with Crippen LogP contribution in [0.1, 0.15) is 10.4 Å². The van der Waals surface area contributed by atoms with Crippen LogP contribution >= 0.6 is 0 Å². The highest BCUT2D eigenvalue weighted by Gasteiger charge is 2.28. The molecule has 1 aromatic carbocycles. The number of nitro groups is 1. The lowest BCUT2D eigenvalue weighted by atomic mass is 10.1. The van der Waals surface area contributed by atoms with E-state index in [-0.39, 0.29) is 23.3 Å². The number of hydrogen-bond donors (Lipinski definition) is 0. The molecule has 0 aliphatic heterocycles. The van der Waals surface area contributed by atoms with Crippen molar-refractivity contribution in [1.29, 1.82) is 0 Å². The van der Waals surface area contributed by atoms with E-state index in [1.807, 2.05) is 0 Å². The lowest BCUT2D eigenvalue weighted by Crippen LogP contribution is -2.18. The Hall–Kier alpha value is -2.36. The summed E-state index contributed by atoms with van der Waals surface area (Å²) in [6.45, 7) is -1.30. The van der Waals surface area contributed by atoms with Crippen LogP contribution in [0.15, 0.2) is 12.1 Å². The number of benzene rings is 1. The molecule has 10 heteroatoms. The SMILES string of the molecule is COc1cc(C=O)c([N+](=O)[O-])cc1OCCOC(F)(F)F. The molecule has 0 unspecified atom stereocenters. The van der Waals surface area contributed by atoms with Crippen LogP contribution in [-0.4, -0.2) is 37.9 Å². The smallest absolute Gasteiger partial charge is 0.493 e. The number of methoxy groups -OCH3 is 1. The molecule has 116 valence electrons. The second-order valence-electron chi connectivity index (χ2n) is 3.58. The molecule has 0 bridgehead atoms. The van der Waals surface area contributed by atoms with Gasteiger partial charge in [0.25, 0.3) is 5.69 Å². The third kappa shape index (κ3) is 4.91. The summed E-state index contributed by atoms with van der Waals surface area (Å²) in [7, 11) is 1.22. The van der Waals surface area contributed by atoms with Crippen molar-refractivity contribution < 1.29 is 37.1 Å². The van der Waals surface area contributed by atoms with E-state index in [2.05, 4.69) is 4.74 Å². The molecule has 0 fully saturated rings. The highest BCUT2D eigenvalue weighted by molar-refractivity contribution is 5.83. The lowest BCUT2D eigenvalue weighted by Gasteiger charge is -2.12. The molecule has 0 N–H and O–H groups in total. The molecule has 0 spiro atoms. The standard InChI is InChI=1S/C11H10F3NO6/c1-19-9-4-7(6-16)8(15(17)18)5-10(9)20-2-3-21-11(12,13)14/h4-6H,2-3H2,1H3. The van der Waals surface area contributed by atoms with Crippen molar-refractivity contribution >= 4 is 12.0 Å². The number of aldehydes is 1. The van der Waals surface area contributed by atoms with Gasteiger partial charge in [0, 0.05) is 6.07 Å². The van der Waals surface area contributed by atoms with E-state index < -0.39 is 30.2 Å². The monoisotopic (exact) mass is 309 g/mol. The Labute approximate surface area is 116 Å². The zero-order valence-corrected chi connectivity index (χ0v) is 10.7. The Morgan fingerprint density at radius 3 is 2.43 bits per heavy atom. The Kier molecular flexibility index (Phi) is 5.47. The molecule has 0 atom stereocenters. The number of nitrogens with zero attached hydrogens (tertiary/aromatic N) is 1. The summed E-state index contributed by atoms with van der Waals surface area (Å²) in [6.07, 6.45) is -4.53. The zero-order chi connectivity index (χ0) is 16.0. The van der Waals surface area contributed by atoms with Gasteiger partial charge in [0.2, 0.25) is 0 Å². The van der Waals surface area contributed by atoms with Crippen LogP contribution in [-0.2, 0) is 4.74 Å². The maximum Gasteiger partial charge on any atom is 0.522 e. The fourth-order valence-electron chi connectivity index (χ4n) is 1.40. The van der Waals surface area contributed by atoms with Crippen molar-refractivity contribution in [2.75, 3.05) is 20.3 Å². The maximum atomic E-state index is 11.8. The average molecular weight is 309 g/mol. The van der Waals surface area contributed by atoms with Gasteiger partial charge in [-0.15, -0.1) is 13.2 Å². The van der Waals surface area contributed by atoms with E-state index in [4.69, 9.17) is 9.47 Å². The van der Waals surface area contributed by atoms with Crippen molar-refractivity contribution in [2.24, 2.45) is 0 Å². The number of halogens is 3. The highest BCUT2D eigenvalue weighted by Crippen LogP contribution is 2.34. The molecule has 0 radical (unpaired) electrons. The van der Waals surface area contributed by atoms with E-state index in [1.54, 1.807) is 0 Å². The van der Waals surface area contributed by atoms with Crippen molar-refractivity contribution in [2.45, 2.75) is 6.36 Å². The molecular formula is C11H10F3NO6. The van der Waals surface area contributed by atoms with Crippen molar-refractivity contribution in [3.63, 3.8) is 0 Å². The minimum absolute atomic E-state index is 0.0188. The minimum atomic E-state index is -4.79. The fraction of sp³-hybridized carbons (Fsp3) is 0.364. The van der Waals surface area contributed by atoms with Crippen LogP contribution in [0, 0.1) is 10.1 Å². The largest absolute Gasteiger partial charge is 0.522 e. The zero-order valence-electron chi connectivity index (χ0n) is 10.7. The van der Waals surface area contributed by atoms with E-state index in [9.17, 15) is 28.1 Å². The first-order valence-electron chi connectivity index (χ1n) is 5.43. The summed E-state index contributed by atoms with van der Waals surface area (Å²) in [4.78, 5) is 20.7. The van der Waals surface area contributed by atoms with Gasteiger partial charge >= 0.3 is 6.36 Å². The van der Waals surface area contributed by atoms with E-state index in [0.29, 0.717) is 0 Å². The molecule has 1 aromatic rings. The quantitative estimate of drug-likeness (QED) is 0.332. The first-order valence-corrected chi connectivity index (χ1v) is 5.43. The first-order chi connectivity index (χ1) is 9.78. The van der Waals surface area contributed by atoms with Crippen LogP contribution < -0.4 is 9.47 Å². The van der Waals surface area contributed by atoms with Crippen molar-refractivity contribution in [3.05, 3.63) is 27.8 Å². The predicted octanol–water partition coefficient (Wildman–Crippen LogP) is 2.33. The number of carbonyl (C=O) groups excluding carboxylic acids is 1. The van der Waals surface area contributed by atoms with Gasteiger partial charge < -0.3 is 9.47 Å². The van der Waals surface area contributed by atoms with Gasteiger partial charge in [0.05, 0.1) is 30.3 Å². The summed E-state index contributed by atoms with van der Waals surface area (Å²) in [5.74, 6) is -0.185. The van der Waals surface area contributed by atoms with Crippen LogP contribution in [0.4, 0.5) is 18.9 Å². The summed E-state index contributed by atoms with van der Waals surface area (Å²) in [5, 5.41) is 10.8. The summed E-state index contributed by atoms with van der Waals surface area (Å²) < 4.78 is 48.6. The number of rotatable bonds is 7. The molecular weight excluding hydrogens is 299 g/mol. The summed E-state index contributed by atoms with van der Waals surface area (Å²) in [5.41, 5.74) is -0.784. The first kappa shape index (κ1) is 16.7. The van der Waals surface area contributed by atoms with Gasteiger partial charge in [-0.1, -0.05) is 0 Å². The van der Waals surface area contributed by atoms with Crippen LogP contribution in [0.5, 0.6) is 11.5 Å². The number of alkyl halides is 3. The highest BCUT2D eigenvalue weighted by atomic mass is 19.4. The van der Waals surface area contributed by atoms with Gasteiger partial charge in [-0.3, -0.25) is 19.6 Å². The van der Waals surface area contributed by atoms with E-state index in [0.717, 1.165) is 12.1 Å². The molecule has 0 aliphatic rings. The molecule has 0 saturated carbocycles. The van der Waals surface area contributed by atoms with Crippen molar-refractivity contribution in [1.82, 2.24) is 0 Å². The van der Waals surface area contributed by atoms with Gasteiger partial charge in [-0.25, -0.2) is 0 Å². The lowest BCUT2D eigenvalue weighted by molar-refractivity contribution is -0.385. The minimum Gasteiger partial charge on any atom is -0.493 e. The molecule has 1 rings (SSSR count).